The second-order valence-corrected chi connectivity index (χ2v) is 9.95. The van der Waals surface area contributed by atoms with Crippen molar-refractivity contribution in [2.75, 3.05) is 38.4 Å². The number of rotatable bonds is 13. The number of methoxy groups -OCH3 is 2. The number of hydrogen-bond acceptors (Lipinski definition) is 6. The number of hydrogen-bond donors (Lipinski definition) is 1. The normalized spacial score (nSPS) is 11.9. The summed E-state index contributed by atoms with van der Waals surface area (Å²) in [7, 11) is 1.08. The monoisotopic (exact) mass is 505 g/mol. The van der Waals surface area contributed by atoms with Crippen molar-refractivity contribution in [2.45, 2.75) is 38.8 Å². The summed E-state index contributed by atoms with van der Waals surface area (Å²) >= 11 is 0. The van der Waals surface area contributed by atoms with Crippen molar-refractivity contribution in [1.29, 1.82) is 0 Å². The van der Waals surface area contributed by atoms with Gasteiger partial charge in [-0.25, -0.2) is 8.42 Å². The maximum Gasteiger partial charge on any atom is 0.242 e. The van der Waals surface area contributed by atoms with Gasteiger partial charge in [0.25, 0.3) is 0 Å². The van der Waals surface area contributed by atoms with Crippen molar-refractivity contribution in [1.82, 2.24) is 10.2 Å². The van der Waals surface area contributed by atoms with E-state index >= 15 is 0 Å². The first-order valence-corrected chi connectivity index (χ1v) is 13.2. The number of benzene rings is 2. The Morgan fingerprint density at radius 1 is 1.03 bits per heavy atom. The molecule has 0 radical (unpaired) electrons. The molecule has 0 saturated heterocycles. The third-order valence-electron chi connectivity index (χ3n) is 5.63. The molecule has 2 aromatic rings. The van der Waals surface area contributed by atoms with Gasteiger partial charge in [-0.1, -0.05) is 19.1 Å². The van der Waals surface area contributed by atoms with Gasteiger partial charge in [0, 0.05) is 26.6 Å². The number of likely N-dealkylation sites (N-methyl/N-ethyl adjacent to an activating group) is 1. The van der Waals surface area contributed by atoms with Crippen LogP contribution in [0.3, 0.4) is 0 Å². The number of carbonyl (C=O) groups excluding carboxylic acids is 2. The zero-order valence-electron chi connectivity index (χ0n) is 21.0. The molecule has 0 unspecified atom stereocenters. The fourth-order valence-electron chi connectivity index (χ4n) is 3.81. The van der Waals surface area contributed by atoms with Gasteiger partial charge < -0.3 is 19.7 Å². The van der Waals surface area contributed by atoms with Crippen molar-refractivity contribution in [3.63, 3.8) is 0 Å². The second kappa shape index (κ2) is 13.0. The average Bonchev–Trinajstić information content (AvgIpc) is 2.85. The van der Waals surface area contributed by atoms with Gasteiger partial charge in [-0.3, -0.25) is 13.9 Å². The Balaban J connectivity index is 2.19. The van der Waals surface area contributed by atoms with E-state index in [1.165, 1.54) is 18.5 Å². The van der Waals surface area contributed by atoms with Gasteiger partial charge in [0.2, 0.25) is 21.8 Å². The standard InChI is InChI=1S/C25H35N3O6S/c1-6-23(25(30)26-2)27(18-19-9-7-10-22(17-19)34-4)24(29)11-8-16-28(35(5,31)32)20-12-14-21(33-3)15-13-20/h7,9-10,12-15,17,23H,6,8,11,16,18H2,1-5H3,(H,26,30)/t23-/m1/s1. The highest BCUT2D eigenvalue weighted by molar-refractivity contribution is 7.92. The molecule has 9 nitrogen and oxygen atoms in total. The fraction of sp³-hybridized carbons (Fsp3) is 0.440. The Morgan fingerprint density at radius 2 is 1.69 bits per heavy atom. The number of carbonyl (C=O) groups is 2. The van der Waals surface area contributed by atoms with Gasteiger partial charge in [0.15, 0.2) is 0 Å². The first-order valence-electron chi connectivity index (χ1n) is 11.4. The van der Waals surface area contributed by atoms with Crippen molar-refractivity contribution in [3.05, 3.63) is 54.1 Å². The first kappa shape index (κ1) is 28.0. The third kappa shape index (κ3) is 7.88. The second-order valence-electron chi connectivity index (χ2n) is 8.05. The number of nitrogens with one attached hydrogen (secondary N) is 1. The molecule has 0 fully saturated rings. The minimum Gasteiger partial charge on any atom is -0.497 e. The lowest BCUT2D eigenvalue weighted by molar-refractivity contribution is -0.141. The highest BCUT2D eigenvalue weighted by Crippen LogP contribution is 2.23. The van der Waals surface area contributed by atoms with E-state index in [1.807, 2.05) is 31.2 Å². The summed E-state index contributed by atoms with van der Waals surface area (Å²) in [5.74, 6) is 0.794. The molecule has 0 aliphatic carbocycles. The van der Waals surface area contributed by atoms with Crippen LogP contribution in [0.15, 0.2) is 48.5 Å². The van der Waals surface area contributed by atoms with E-state index in [4.69, 9.17) is 9.47 Å². The molecule has 2 aromatic carbocycles. The average molecular weight is 506 g/mol. The van der Waals surface area contributed by atoms with Crippen LogP contribution in [0.25, 0.3) is 0 Å². The molecule has 0 aliphatic heterocycles. The molecule has 1 atom stereocenters. The Hall–Kier alpha value is -3.27. The number of ether oxygens (including phenoxy) is 2. The van der Waals surface area contributed by atoms with E-state index in [-0.39, 0.29) is 37.7 Å². The number of anilines is 1. The fourth-order valence-corrected chi connectivity index (χ4v) is 4.77. The van der Waals surface area contributed by atoms with Crippen molar-refractivity contribution < 1.29 is 27.5 Å². The maximum absolute atomic E-state index is 13.3. The third-order valence-corrected chi connectivity index (χ3v) is 6.83. The Bertz CT molecular complexity index is 1090. The smallest absolute Gasteiger partial charge is 0.242 e. The zero-order chi connectivity index (χ0) is 26.0. The lowest BCUT2D eigenvalue weighted by Crippen LogP contribution is -2.48. The van der Waals surface area contributed by atoms with Crippen LogP contribution >= 0.6 is 0 Å². The van der Waals surface area contributed by atoms with Crippen LogP contribution in [0.1, 0.15) is 31.7 Å². The minimum absolute atomic E-state index is 0.0830. The molecule has 35 heavy (non-hydrogen) atoms. The summed E-state index contributed by atoms with van der Waals surface area (Å²) in [6.07, 6.45) is 1.94. The van der Waals surface area contributed by atoms with Gasteiger partial charge in [-0.2, -0.15) is 0 Å². The molecule has 2 amide bonds. The Morgan fingerprint density at radius 3 is 2.23 bits per heavy atom. The van der Waals surface area contributed by atoms with Gasteiger partial charge in [0.1, 0.15) is 17.5 Å². The summed E-state index contributed by atoms with van der Waals surface area (Å²) in [5.41, 5.74) is 1.32. The van der Waals surface area contributed by atoms with Crippen LogP contribution in [0.4, 0.5) is 5.69 Å². The first-order chi connectivity index (χ1) is 16.6. The molecular weight excluding hydrogens is 470 g/mol. The van der Waals surface area contributed by atoms with Crippen molar-refractivity contribution in [3.8, 4) is 11.5 Å². The molecule has 10 heteroatoms. The molecule has 1 N–H and O–H groups in total. The van der Waals surface area contributed by atoms with Crippen LogP contribution in [0.5, 0.6) is 11.5 Å². The van der Waals surface area contributed by atoms with E-state index in [0.29, 0.717) is 23.6 Å². The van der Waals surface area contributed by atoms with Gasteiger partial charge in [-0.15, -0.1) is 0 Å². The number of sulfonamides is 1. The van der Waals surface area contributed by atoms with Crippen LogP contribution in [-0.2, 0) is 26.2 Å². The van der Waals surface area contributed by atoms with Gasteiger partial charge >= 0.3 is 0 Å². The van der Waals surface area contributed by atoms with E-state index in [1.54, 1.807) is 36.3 Å². The predicted molar refractivity (Wildman–Crippen MR) is 136 cm³/mol. The molecule has 192 valence electrons. The van der Waals surface area contributed by atoms with E-state index in [0.717, 1.165) is 11.8 Å². The highest BCUT2D eigenvalue weighted by Gasteiger charge is 2.28. The summed E-state index contributed by atoms with van der Waals surface area (Å²) in [6, 6.07) is 13.4. The lowest BCUT2D eigenvalue weighted by atomic mass is 10.1. The van der Waals surface area contributed by atoms with Gasteiger partial charge in [0.05, 0.1) is 26.2 Å². The topological polar surface area (TPSA) is 105 Å². The molecule has 0 saturated carbocycles. The maximum atomic E-state index is 13.3. The predicted octanol–water partition coefficient (Wildman–Crippen LogP) is 2.80. The van der Waals surface area contributed by atoms with Crippen LogP contribution < -0.4 is 19.1 Å². The minimum atomic E-state index is -3.56. The molecule has 0 bridgehead atoms. The zero-order valence-corrected chi connectivity index (χ0v) is 21.8. The highest BCUT2D eigenvalue weighted by atomic mass is 32.2. The number of amides is 2. The summed E-state index contributed by atoms with van der Waals surface area (Å²) in [5, 5.41) is 2.63. The molecule has 0 aliphatic rings. The molecule has 0 heterocycles. The Labute approximate surface area is 208 Å². The van der Waals surface area contributed by atoms with E-state index < -0.39 is 16.1 Å². The molecule has 0 spiro atoms. The summed E-state index contributed by atoms with van der Waals surface area (Å²) in [4.78, 5) is 27.4. The van der Waals surface area contributed by atoms with Crippen molar-refractivity contribution >= 4 is 27.5 Å². The summed E-state index contributed by atoms with van der Waals surface area (Å²) < 4.78 is 36.5. The summed E-state index contributed by atoms with van der Waals surface area (Å²) in [6.45, 7) is 2.21. The number of nitrogens with zero attached hydrogens (tertiary/aromatic N) is 2. The Kier molecular flexibility index (Phi) is 10.4. The quantitative estimate of drug-likeness (QED) is 0.449. The van der Waals surface area contributed by atoms with Crippen LogP contribution in [-0.4, -0.2) is 65.2 Å². The van der Waals surface area contributed by atoms with E-state index in [2.05, 4.69) is 5.32 Å². The molecule has 0 aromatic heterocycles. The molecular formula is C25H35N3O6S. The van der Waals surface area contributed by atoms with E-state index in [9.17, 15) is 18.0 Å². The van der Waals surface area contributed by atoms with Crippen LogP contribution in [0.2, 0.25) is 0 Å². The molecule has 2 rings (SSSR count). The van der Waals surface area contributed by atoms with Crippen LogP contribution in [0, 0.1) is 0 Å². The van der Waals surface area contributed by atoms with Crippen molar-refractivity contribution in [2.24, 2.45) is 0 Å². The largest absolute Gasteiger partial charge is 0.497 e. The van der Waals surface area contributed by atoms with Gasteiger partial charge in [-0.05, 0) is 54.8 Å². The lowest BCUT2D eigenvalue weighted by Gasteiger charge is -2.31. The SMILES string of the molecule is CC[C@H](C(=O)NC)N(Cc1cccc(OC)c1)C(=O)CCCN(c1ccc(OC)cc1)S(C)(=O)=O.